The third kappa shape index (κ3) is 4.27. The fourth-order valence-corrected chi connectivity index (χ4v) is 2.53. The SMILES string of the molecule is O=C(CNC(=O)c1ccccc1)NNC(=O)Cc1c[nH]c2ccccc12. The van der Waals surface area contributed by atoms with Crippen LogP contribution in [0, 0.1) is 0 Å². The summed E-state index contributed by atoms with van der Waals surface area (Å²) in [5.41, 5.74) is 6.88. The van der Waals surface area contributed by atoms with E-state index in [-0.39, 0.29) is 24.8 Å². The zero-order chi connectivity index (χ0) is 18.4. The lowest BCUT2D eigenvalue weighted by molar-refractivity contribution is -0.128. The van der Waals surface area contributed by atoms with Gasteiger partial charge >= 0.3 is 0 Å². The molecule has 0 fully saturated rings. The number of carbonyl (C=O) groups is 3. The maximum atomic E-state index is 12.0. The van der Waals surface area contributed by atoms with E-state index in [1.165, 1.54) is 0 Å². The molecule has 0 radical (unpaired) electrons. The summed E-state index contributed by atoms with van der Waals surface area (Å²) in [6.45, 7) is -0.235. The molecule has 1 heterocycles. The van der Waals surface area contributed by atoms with Crippen molar-refractivity contribution < 1.29 is 14.4 Å². The highest BCUT2D eigenvalue weighted by atomic mass is 16.2. The van der Waals surface area contributed by atoms with Gasteiger partial charge < -0.3 is 10.3 Å². The van der Waals surface area contributed by atoms with E-state index < -0.39 is 5.91 Å². The molecule has 0 aliphatic carbocycles. The largest absolute Gasteiger partial charge is 0.361 e. The average Bonchev–Trinajstić information content (AvgIpc) is 3.08. The van der Waals surface area contributed by atoms with Crippen LogP contribution in [0.3, 0.4) is 0 Å². The number of benzene rings is 2. The molecular formula is C19H18N4O3. The number of aromatic amines is 1. The number of aromatic nitrogens is 1. The lowest BCUT2D eigenvalue weighted by Gasteiger charge is -2.08. The van der Waals surface area contributed by atoms with Gasteiger partial charge in [0.05, 0.1) is 13.0 Å². The number of amides is 3. The first kappa shape index (κ1) is 17.2. The van der Waals surface area contributed by atoms with Gasteiger partial charge in [-0.3, -0.25) is 25.2 Å². The minimum absolute atomic E-state index is 0.126. The number of carbonyl (C=O) groups excluding carboxylic acids is 3. The first-order chi connectivity index (χ1) is 12.6. The summed E-state index contributed by atoms with van der Waals surface area (Å²) in [5, 5.41) is 3.45. The van der Waals surface area contributed by atoms with Crippen molar-refractivity contribution in [3.8, 4) is 0 Å². The van der Waals surface area contributed by atoms with E-state index in [4.69, 9.17) is 0 Å². The maximum absolute atomic E-state index is 12.0. The Hall–Kier alpha value is -3.61. The molecule has 3 rings (SSSR count). The summed E-state index contributed by atoms with van der Waals surface area (Å²) in [7, 11) is 0. The van der Waals surface area contributed by atoms with Gasteiger partial charge in [-0.2, -0.15) is 0 Å². The lowest BCUT2D eigenvalue weighted by atomic mass is 10.1. The molecule has 0 aliphatic heterocycles. The van der Waals surface area contributed by atoms with Crippen LogP contribution in [0.4, 0.5) is 0 Å². The summed E-state index contributed by atoms with van der Waals surface area (Å²) >= 11 is 0. The molecule has 7 heteroatoms. The van der Waals surface area contributed by atoms with Gasteiger partial charge in [-0.1, -0.05) is 36.4 Å². The van der Waals surface area contributed by atoms with Gasteiger partial charge in [0.2, 0.25) is 5.91 Å². The molecule has 0 aliphatic rings. The molecule has 1 aromatic heterocycles. The van der Waals surface area contributed by atoms with Crippen molar-refractivity contribution in [1.82, 2.24) is 21.2 Å². The fourth-order valence-electron chi connectivity index (χ4n) is 2.53. The molecule has 26 heavy (non-hydrogen) atoms. The Morgan fingerprint density at radius 3 is 2.35 bits per heavy atom. The zero-order valence-corrected chi connectivity index (χ0v) is 13.9. The Balaban J connectivity index is 1.44. The quantitative estimate of drug-likeness (QED) is 0.521. The Labute approximate surface area is 149 Å². The minimum atomic E-state index is -0.512. The second-order valence-electron chi connectivity index (χ2n) is 5.68. The van der Waals surface area contributed by atoms with Crippen LogP contribution in [0.25, 0.3) is 10.9 Å². The van der Waals surface area contributed by atoms with E-state index in [1.54, 1.807) is 36.5 Å². The Morgan fingerprint density at radius 1 is 0.846 bits per heavy atom. The van der Waals surface area contributed by atoms with Gasteiger partial charge in [0, 0.05) is 22.7 Å². The number of para-hydroxylation sites is 1. The fraction of sp³-hybridized carbons (Fsp3) is 0.105. The second kappa shape index (κ2) is 7.98. The molecular weight excluding hydrogens is 332 g/mol. The van der Waals surface area contributed by atoms with Gasteiger partial charge in [-0.05, 0) is 23.8 Å². The van der Waals surface area contributed by atoms with Crippen molar-refractivity contribution in [3.05, 3.63) is 71.9 Å². The molecule has 0 spiro atoms. The number of hydrogen-bond acceptors (Lipinski definition) is 3. The number of rotatable bonds is 5. The molecule has 7 nitrogen and oxygen atoms in total. The van der Waals surface area contributed by atoms with Crippen LogP contribution in [0.2, 0.25) is 0 Å². The Bertz CT molecular complexity index is 934. The van der Waals surface area contributed by atoms with E-state index in [2.05, 4.69) is 21.2 Å². The highest BCUT2D eigenvalue weighted by Gasteiger charge is 2.11. The first-order valence-electron chi connectivity index (χ1n) is 8.09. The number of H-pyrrole nitrogens is 1. The van der Waals surface area contributed by atoms with Crippen molar-refractivity contribution in [3.63, 3.8) is 0 Å². The van der Waals surface area contributed by atoms with Crippen LogP contribution in [-0.2, 0) is 16.0 Å². The van der Waals surface area contributed by atoms with Crippen LogP contribution in [0.15, 0.2) is 60.8 Å². The van der Waals surface area contributed by atoms with Crippen molar-refractivity contribution in [2.24, 2.45) is 0 Å². The third-order valence-electron chi connectivity index (χ3n) is 3.81. The zero-order valence-electron chi connectivity index (χ0n) is 13.9. The first-order valence-corrected chi connectivity index (χ1v) is 8.09. The average molecular weight is 350 g/mol. The van der Waals surface area contributed by atoms with Gasteiger partial charge in [0.25, 0.3) is 11.8 Å². The van der Waals surface area contributed by atoms with Crippen LogP contribution < -0.4 is 16.2 Å². The van der Waals surface area contributed by atoms with Gasteiger partial charge in [0.1, 0.15) is 0 Å². The molecule has 2 aromatic carbocycles. The number of hydrazine groups is 1. The van der Waals surface area contributed by atoms with E-state index in [0.717, 1.165) is 16.5 Å². The smallest absolute Gasteiger partial charge is 0.257 e. The standard InChI is InChI=1S/C19H18N4O3/c24-17(10-14-11-20-16-9-5-4-8-15(14)16)22-23-18(25)12-21-19(26)13-6-2-1-3-7-13/h1-9,11,20H,10,12H2,(H,21,26)(H,22,24)(H,23,25). The predicted octanol–water partition coefficient (Wildman–Crippen LogP) is 1.29. The molecule has 0 atom stereocenters. The topological polar surface area (TPSA) is 103 Å². The summed E-state index contributed by atoms with van der Waals surface area (Å²) in [6, 6.07) is 16.2. The molecule has 0 saturated carbocycles. The predicted molar refractivity (Wildman–Crippen MR) is 97.1 cm³/mol. The molecule has 0 unspecified atom stereocenters. The summed E-state index contributed by atoms with van der Waals surface area (Å²) in [4.78, 5) is 38.7. The van der Waals surface area contributed by atoms with Gasteiger partial charge in [0.15, 0.2) is 0 Å². The highest BCUT2D eigenvalue weighted by Crippen LogP contribution is 2.17. The highest BCUT2D eigenvalue weighted by molar-refractivity contribution is 5.96. The maximum Gasteiger partial charge on any atom is 0.257 e. The molecule has 0 saturated heterocycles. The van der Waals surface area contributed by atoms with Gasteiger partial charge in [-0.15, -0.1) is 0 Å². The molecule has 3 amide bonds. The molecule has 0 bridgehead atoms. The van der Waals surface area contributed by atoms with Crippen molar-refractivity contribution >= 4 is 28.6 Å². The van der Waals surface area contributed by atoms with Gasteiger partial charge in [-0.25, -0.2) is 0 Å². The normalized spacial score (nSPS) is 10.3. The summed E-state index contributed by atoms with van der Waals surface area (Å²) in [5.74, 6) is -1.22. The van der Waals surface area contributed by atoms with E-state index >= 15 is 0 Å². The second-order valence-corrected chi connectivity index (χ2v) is 5.68. The third-order valence-corrected chi connectivity index (χ3v) is 3.81. The van der Waals surface area contributed by atoms with Crippen LogP contribution >= 0.6 is 0 Å². The van der Waals surface area contributed by atoms with E-state index in [1.807, 2.05) is 24.3 Å². The minimum Gasteiger partial charge on any atom is -0.361 e. The molecule has 3 aromatic rings. The Kier molecular flexibility index (Phi) is 5.28. The lowest BCUT2D eigenvalue weighted by Crippen LogP contribution is -2.46. The number of fused-ring (bicyclic) bond motifs is 1. The summed E-state index contributed by atoms with van der Waals surface area (Å²) < 4.78 is 0. The van der Waals surface area contributed by atoms with E-state index in [0.29, 0.717) is 5.56 Å². The van der Waals surface area contributed by atoms with Crippen molar-refractivity contribution in [1.29, 1.82) is 0 Å². The van der Waals surface area contributed by atoms with Crippen molar-refractivity contribution in [2.45, 2.75) is 6.42 Å². The molecule has 132 valence electrons. The number of hydrogen-bond donors (Lipinski definition) is 4. The van der Waals surface area contributed by atoms with Crippen LogP contribution in [0.5, 0.6) is 0 Å². The van der Waals surface area contributed by atoms with Crippen LogP contribution in [0.1, 0.15) is 15.9 Å². The van der Waals surface area contributed by atoms with E-state index in [9.17, 15) is 14.4 Å². The molecule has 4 N–H and O–H groups in total. The summed E-state index contributed by atoms with van der Waals surface area (Å²) in [6.07, 6.45) is 1.90. The van der Waals surface area contributed by atoms with Crippen LogP contribution in [-0.4, -0.2) is 29.3 Å². The van der Waals surface area contributed by atoms with Crippen molar-refractivity contribution in [2.75, 3.05) is 6.54 Å². The monoisotopic (exact) mass is 350 g/mol. The Morgan fingerprint density at radius 2 is 1.54 bits per heavy atom. The number of nitrogens with one attached hydrogen (secondary N) is 4.